The zero-order chi connectivity index (χ0) is 24.7. The topological polar surface area (TPSA) is 111 Å². The Kier molecular flexibility index (Phi) is 8.57. The van der Waals surface area contributed by atoms with Gasteiger partial charge in [-0.3, -0.25) is 9.59 Å². The van der Waals surface area contributed by atoms with Crippen LogP contribution in [0.2, 0.25) is 5.02 Å². The summed E-state index contributed by atoms with van der Waals surface area (Å²) in [6.45, 7) is 5.56. The first kappa shape index (κ1) is 25.1. The van der Waals surface area contributed by atoms with Crippen molar-refractivity contribution in [3.8, 4) is 6.07 Å². The number of aromatic nitrogens is 2. The Balaban J connectivity index is 0.00000158. The van der Waals surface area contributed by atoms with Crippen LogP contribution in [0.3, 0.4) is 0 Å². The predicted molar refractivity (Wildman–Crippen MR) is 126 cm³/mol. The smallest absolute Gasteiger partial charge is 0.268 e. The van der Waals surface area contributed by atoms with Crippen molar-refractivity contribution in [2.24, 2.45) is 0 Å². The number of H-pyrrole nitrogens is 1. The molecule has 1 aromatic carbocycles. The van der Waals surface area contributed by atoms with Crippen LogP contribution < -0.4 is 5.32 Å². The minimum atomic E-state index is -1.01. The predicted octanol–water partition coefficient (Wildman–Crippen LogP) is 3.45. The number of pyridine rings is 1. The zero-order valence-electron chi connectivity index (χ0n) is 18.9. The van der Waals surface area contributed by atoms with Crippen molar-refractivity contribution < 1.29 is 18.7 Å². The van der Waals surface area contributed by atoms with E-state index in [0.717, 1.165) is 6.07 Å². The Bertz CT molecular complexity index is 1220. The molecular weight excluding hydrogens is 461 g/mol. The summed E-state index contributed by atoms with van der Waals surface area (Å²) in [6, 6.07) is 8.16. The molecular formula is C24H25ClFN5O3. The first-order valence-corrected chi connectivity index (χ1v) is 11.3. The Labute approximate surface area is 201 Å². The maximum Gasteiger partial charge on any atom is 0.268 e. The second-order valence-corrected chi connectivity index (χ2v) is 7.80. The van der Waals surface area contributed by atoms with Gasteiger partial charge in [0.15, 0.2) is 0 Å². The van der Waals surface area contributed by atoms with Gasteiger partial charge in [-0.2, -0.15) is 5.26 Å². The monoisotopic (exact) mass is 485 g/mol. The van der Waals surface area contributed by atoms with Gasteiger partial charge in [0.1, 0.15) is 23.2 Å². The number of nitrogens with zero attached hydrogens (tertiary/aromatic N) is 3. The van der Waals surface area contributed by atoms with E-state index in [2.05, 4.69) is 15.3 Å². The van der Waals surface area contributed by atoms with Crippen molar-refractivity contribution in [2.45, 2.75) is 26.3 Å². The van der Waals surface area contributed by atoms with Crippen molar-refractivity contribution in [3.05, 3.63) is 64.2 Å². The minimum absolute atomic E-state index is 0.0657. The van der Waals surface area contributed by atoms with Gasteiger partial charge in [0, 0.05) is 31.1 Å². The van der Waals surface area contributed by atoms with E-state index in [-0.39, 0.29) is 29.1 Å². The molecule has 4 rings (SSSR count). The van der Waals surface area contributed by atoms with Gasteiger partial charge in [-0.05, 0) is 29.8 Å². The van der Waals surface area contributed by atoms with E-state index in [1.807, 2.05) is 19.9 Å². The molecule has 0 bridgehead atoms. The number of carbonyl (C=O) groups excluding carboxylic acids is 2. The van der Waals surface area contributed by atoms with Crippen LogP contribution in [0, 0.1) is 17.1 Å². The van der Waals surface area contributed by atoms with Crippen molar-refractivity contribution in [1.82, 2.24) is 20.2 Å². The molecule has 2 aromatic heterocycles. The summed E-state index contributed by atoms with van der Waals surface area (Å²) >= 11 is 5.95. The van der Waals surface area contributed by atoms with Gasteiger partial charge in [0.2, 0.25) is 5.91 Å². The molecule has 34 heavy (non-hydrogen) atoms. The summed E-state index contributed by atoms with van der Waals surface area (Å²) in [5.74, 6) is -1.47. The van der Waals surface area contributed by atoms with Crippen molar-refractivity contribution in [2.75, 3.05) is 26.3 Å². The lowest BCUT2D eigenvalue weighted by molar-refractivity contribution is -0.137. The molecule has 178 valence electrons. The van der Waals surface area contributed by atoms with Gasteiger partial charge in [-0.15, -0.1) is 0 Å². The van der Waals surface area contributed by atoms with Gasteiger partial charge >= 0.3 is 0 Å². The molecule has 1 aliphatic rings. The van der Waals surface area contributed by atoms with E-state index in [0.29, 0.717) is 42.4 Å². The fraction of sp³-hybridized carbons (Fsp3) is 0.333. The highest BCUT2D eigenvalue weighted by Gasteiger charge is 2.29. The molecule has 3 heterocycles. The average Bonchev–Trinajstić information content (AvgIpc) is 3.29. The summed E-state index contributed by atoms with van der Waals surface area (Å²) in [4.78, 5) is 34.7. The molecule has 2 amide bonds. The molecule has 0 aliphatic carbocycles. The van der Waals surface area contributed by atoms with Gasteiger partial charge in [-0.25, -0.2) is 9.37 Å². The lowest BCUT2D eigenvalue weighted by atomic mass is 10.0. The number of morpholine rings is 1. The minimum Gasteiger partial charge on any atom is -0.378 e. The van der Waals surface area contributed by atoms with E-state index in [1.54, 1.807) is 17.0 Å². The number of benzene rings is 1. The number of fused-ring (bicyclic) bond motifs is 1. The van der Waals surface area contributed by atoms with Crippen LogP contribution in [0.25, 0.3) is 11.0 Å². The normalized spacial score (nSPS) is 14.0. The lowest BCUT2D eigenvalue weighted by Crippen LogP contribution is -2.52. The summed E-state index contributed by atoms with van der Waals surface area (Å²) in [5, 5.41) is 12.7. The Morgan fingerprint density at radius 2 is 2.03 bits per heavy atom. The first-order valence-electron chi connectivity index (χ1n) is 10.9. The van der Waals surface area contributed by atoms with Crippen molar-refractivity contribution in [3.63, 3.8) is 0 Å². The van der Waals surface area contributed by atoms with Gasteiger partial charge < -0.3 is 19.9 Å². The quantitative estimate of drug-likeness (QED) is 0.575. The second kappa shape index (κ2) is 11.6. The lowest BCUT2D eigenvalue weighted by Gasteiger charge is -2.30. The highest BCUT2D eigenvalue weighted by Crippen LogP contribution is 2.19. The van der Waals surface area contributed by atoms with Crippen LogP contribution in [0.15, 0.2) is 36.5 Å². The summed E-state index contributed by atoms with van der Waals surface area (Å²) in [5.41, 5.74) is 1.08. The molecule has 1 aliphatic heterocycles. The molecule has 2 N–H and O–H groups in total. The second-order valence-electron chi connectivity index (χ2n) is 7.36. The van der Waals surface area contributed by atoms with Crippen molar-refractivity contribution in [1.29, 1.82) is 5.26 Å². The third-order valence-corrected chi connectivity index (χ3v) is 5.42. The third kappa shape index (κ3) is 5.90. The Morgan fingerprint density at radius 3 is 2.71 bits per heavy atom. The third-order valence-electron chi connectivity index (χ3n) is 5.21. The number of halogens is 2. The number of carbonyl (C=O) groups is 2. The van der Waals surface area contributed by atoms with E-state index in [4.69, 9.17) is 21.6 Å². The fourth-order valence-corrected chi connectivity index (χ4v) is 3.72. The molecule has 10 heteroatoms. The average molecular weight is 486 g/mol. The number of rotatable bonds is 5. The molecule has 0 radical (unpaired) electrons. The van der Waals surface area contributed by atoms with Gasteiger partial charge in [-0.1, -0.05) is 31.5 Å². The van der Waals surface area contributed by atoms with E-state index in [1.165, 1.54) is 18.3 Å². The van der Waals surface area contributed by atoms with Crippen LogP contribution in [-0.2, 0) is 16.0 Å². The number of hydrogen-bond donors (Lipinski definition) is 2. The number of nitrogens with one attached hydrogen (secondary N) is 2. The molecule has 0 saturated carbocycles. The molecule has 1 atom stereocenters. The number of aromatic amines is 1. The van der Waals surface area contributed by atoms with Crippen LogP contribution in [0.5, 0.6) is 0 Å². The largest absolute Gasteiger partial charge is 0.378 e. The van der Waals surface area contributed by atoms with E-state index in [9.17, 15) is 14.0 Å². The summed E-state index contributed by atoms with van der Waals surface area (Å²) in [7, 11) is 0. The van der Waals surface area contributed by atoms with E-state index >= 15 is 0 Å². The molecule has 1 fully saturated rings. The number of amides is 2. The van der Waals surface area contributed by atoms with Crippen LogP contribution in [0.4, 0.5) is 4.39 Å². The highest BCUT2D eigenvalue weighted by atomic mass is 35.5. The molecule has 1 unspecified atom stereocenters. The number of nitriles is 1. The van der Waals surface area contributed by atoms with Crippen LogP contribution >= 0.6 is 11.6 Å². The van der Waals surface area contributed by atoms with Crippen LogP contribution in [0.1, 0.15) is 35.5 Å². The Hall–Kier alpha value is -3.48. The standard InChI is InChI=1S/C22H19ClFN5O3.C2H6/c23-16-8-15-10-18(27-20(15)26-12-16)21(30)28-19(22(31)29-3-5-32-6-4-29)9-14-2-1-13(11-25)7-17(14)24;1-2/h1-2,7-8,10,12,19H,3-6,9H2,(H,26,27)(H,28,30);1-2H3. The Morgan fingerprint density at radius 1 is 1.29 bits per heavy atom. The molecule has 8 nitrogen and oxygen atoms in total. The molecule has 0 spiro atoms. The van der Waals surface area contributed by atoms with Crippen LogP contribution in [-0.4, -0.2) is 59.0 Å². The highest BCUT2D eigenvalue weighted by molar-refractivity contribution is 6.31. The molecule has 3 aromatic rings. The zero-order valence-corrected chi connectivity index (χ0v) is 19.7. The summed E-state index contributed by atoms with van der Waals surface area (Å²) in [6.07, 6.45) is 1.39. The van der Waals surface area contributed by atoms with Gasteiger partial charge in [0.25, 0.3) is 5.91 Å². The maximum absolute atomic E-state index is 14.5. The molecule has 1 saturated heterocycles. The first-order chi connectivity index (χ1) is 16.4. The number of hydrogen-bond acceptors (Lipinski definition) is 5. The number of ether oxygens (including phenoxy) is 1. The fourth-order valence-electron chi connectivity index (χ4n) is 3.55. The van der Waals surface area contributed by atoms with Gasteiger partial charge in [0.05, 0.1) is 29.9 Å². The SMILES string of the molecule is CC.N#Cc1ccc(CC(NC(=O)c2cc3cc(Cl)cnc3[nH]2)C(=O)N2CCOCC2)c(F)c1. The maximum atomic E-state index is 14.5. The van der Waals surface area contributed by atoms with Crippen molar-refractivity contribution >= 4 is 34.4 Å². The van der Waals surface area contributed by atoms with E-state index < -0.39 is 17.8 Å². The summed E-state index contributed by atoms with van der Waals surface area (Å²) < 4.78 is 19.8.